The average Bonchev–Trinajstić information content (AvgIpc) is 2.61. The first-order valence-electron chi connectivity index (χ1n) is 7.43. The number of phenols is 1. The number of ether oxygens (including phenoxy) is 3. The van der Waals surface area contributed by atoms with Crippen LogP contribution in [0.2, 0.25) is 0 Å². The van der Waals surface area contributed by atoms with Gasteiger partial charge in [-0.2, -0.15) is 0 Å². The lowest BCUT2D eigenvalue weighted by Gasteiger charge is -2.39. The van der Waals surface area contributed by atoms with Crippen molar-refractivity contribution in [3.05, 3.63) is 29.8 Å². The van der Waals surface area contributed by atoms with E-state index in [2.05, 4.69) is 0 Å². The molecule has 0 saturated carbocycles. The third-order valence-electron chi connectivity index (χ3n) is 3.71. The highest BCUT2D eigenvalue weighted by molar-refractivity contribution is 5.87. The summed E-state index contributed by atoms with van der Waals surface area (Å²) in [5, 5.41) is 47.6. The number of aliphatic hydroxyl groups is 4. The van der Waals surface area contributed by atoms with Crippen molar-refractivity contribution in [1.29, 1.82) is 0 Å². The predicted octanol–water partition coefficient (Wildman–Crippen LogP) is -1.24. The highest BCUT2D eigenvalue weighted by Gasteiger charge is 2.45. The van der Waals surface area contributed by atoms with E-state index in [1.807, 2.05) is 0 Å². The SMILES string of the molecule is COc1cc(/C=C\C(=O)O[C@H]2[C@H](O)[C@@H](O)[C@H](O)O[C@@H]2CO)ccc1O. The van der Waals surface area contributed by atoms with Crippen molar-refractivity contribution < 1.29 is 44.5 Å². The minimum absolute atomic E-state index is 0.0527. The summed E-state index contributed by atoms with van der Waals surface area (Å²) in [6, 6.07) is 4.42. The monoisotopic (exact) mass is 356 g/mol. The number of hydrogen-bond acceptors (Lipinski definition) is 9. The second-order valence-electron chi connectivity index (χ2n) is 5.39. The van der Waals surface area contributed by atoms with Crippen LogP contribution in [-0.2, 0) is 14.3 Å². The maximum atomic E-state index is 11.9. The van der Waals surface area contributed by atoms with Crippen LogP contribution in [0.1, 0.15) is 5.56 Å². The Bertz CT molecular complexity index is 628. The number of phenolic OH excluding ortho intramolecular Hbond substituents is 1. The lowest BCUT2D eigenvalue weighted by atomic mass is 9.99. The van der Waals surface area contributed by atoms with E-state index in [-0.39, 0.29) is 11.5 Å². The number of aliphatic hydroxyl groups excluding tert-OH is 4. The van der Waals surface area contributed by atoms with Gasteiger partial charge in [0.15, 0.2) is 23.9 Å². The summed E-state index contributed by atoms with van der Waals surface area (Å²) >= 11 is 0. The molecule has 9 nitrogen and oxygen atoms in total. The minimum Gasteiger partial charge on any atom is -0.504 e. The Kier molecular flexibility index (Phi) is 6.34. The molecule has 1 aromatic rings. The van der Waals surface area contributed by atoms with Crippen molar-refractivity contribution >= 4 is 12.0 Å². The maximum absolute atomic E-state index is 11.9. The van der Waals surface area contributed by atoms with Gasteiger partial charge in [0.05, 0.1) is 13.7 Å². The first kappa shape index (κ1) is 19.2. The van der Waals surface area contributed by atoms with Gasteiger partial charge in [-0.25, -0.2) is 4.79 Å². The number of esters is 1. The molecule has 1 fully saturated rings. The Morgan fingerprint density at radius 3 is 2.64 bits per heavy atom. The third-order valence-corrected chi connectivity index (χ3v) is 3.71. The van der Waals surface area contributed by atoms with Gasteiger partial charge in [0.25, 0.3) is 0 Å². The summed E-state index contributed by atoms with van der Waals surface area (Å²) in [6.07, 6.45) is -5.07. The highest BCUT2D eigenvalue weighted by Crippen LogP contribution is 2.27. The molecule has 0 radical (unpaired) electrons. The zero-order valence-electron chi connectivity index (χ0n) is 13.3. The van der Waals surface area contributed by atoms with Gasteiger partial charge < -0.3 is 39.7 Å². The zero-order valence-corrected chi connectivity index (χ0v) is 13.3. The molecule has 25 heavy (non-hydrogen) atoms. The summed E-state index contributed by atoms with van der Waals surface area (Å²) in [7, 11) is 1.38. The van der Waals surface area contributed by atoms with E-state index in [1.54, 1.807) is 0 Å². The molecule has 1 aromatic carbocycles. The quantitative estimate of drug-likeness (QED) is 0.323. The molecule has 0 spiro atoms. The summed E-state index contributed by atoms with van der Waals surface area (Å²) < 4.78 is 14.9. The highest BCUT2D eigenvalue weighted by atomic mass is 16.7. The van der Waals surface area contributed by atoms with Crippen LogP contribution in [0.3, 0.4) is 0 Å². The van der Waals surface area contributed by atoms with E-state index < -0.39 is 43.3 Å². The molecule has 9 heteroatoms. The molecule has 2 rings (SSSR count). The molecular weight excluding hydrogens is 336 g/mol. The molecule has 0 aromatic heterocycles. The summed E-state index contributed by atoms with van der Waals surface area (Å²) in [5.41, 5.74) is 0.543. The number of rotatable bonds is 5. The summed E-state index contributed by atoms with van der Waals surface area (Å²) in [6.45, 7) is -0.627. The Morgan fingerprint density at radius 1 is 1.28 bits per heavy atom. The Morgan fingerprint density at radius 2 is 2.00 bits per heavy atom. The molecule has 0 bridgehead atoms. The van der Waals surface area contributed by atoms with E-state index in [0.29, 0.717) is 5.56 Å². The van der Waals surface area contributed by atoms with Crippen LogP contribution in [0, 0.1) is 0 Å². The average molecular weight is 356 g/mol. The first-order valence-corrected chi connectivity index (χ1v) is 7.43. The second kappa shape index (κ2) is 8.28. The van der Waals surface area contributed by atoms with E-state index in [0.717, 1.165) is 6.08 Å². The Balaban J connectivity index is 2.05. The van der Waals surface area contributed by atoms with Crippen molar-refractivity contribution in [3.63, 3.8) is 0 Å². The standard InChI is InChI=1S/C16H20O9/c1-23-10-6-8(2-4-9(10)18)3-5-12(19)25-15-11(7-17)24-16(22)14(21)13(15)20/h2-6,11,13-18,20-22H,7H2,1H3/b5-3-/t11-,13-,14-,15-,16-/m1/s1. The van der Waals surface area contributed by atoms with Gasteiger partial charge in [-0.05, 0) is 23.8 Å². The van der Waals surface area contributed by atoms with Crippen LogP contribution in [0.4, 0.5) is 0 Å². The lowest BCUT2D eigenvalue weighted by molar-refractivity contribution is -0.289. The molecule has 5 atom stereocenters. The topological polar surface area (TPSA) is 146 Å². The number of benzene rings is 1. The normalized spacial score (nSPS) is 29.6. The number of carbonyl (C=O) groups excluding carboxylic acids is 1. The van der Waals surface area contributed by atoms with E-state index in [9.17, 15) is 30.3 Å². The van der Waals surface area contributed by atoms with Crippen LogP contribution in [0.25, 0.3) is 6.08 Å². The Labute approximate surface area is 143 Å². The van der Waals surface area contributed by atoms with Gasteiger partial charge in [-0.1, -0.05) is 6.07 Å². The van der Waals surface area contributed by atoms with Crippen molar-refractivity contribution in [2.24, 2.45) is 0 Å². The van der Waals surface area contributed by atoms with E-state index in [4.69, 9.17) is 14.2 Å². The largest absolute Gasteiger partial charge is 0.504 e. The van der Waals surface area contributed by atoms with Gasteiger partial charge in [-0.15, -0.1) is 0 Å². The van der Waals surface area contributed by atoms with Gasteiger partial charge in [-0.3, -0.25) is 0 Å². The fraction of sp³-hybridized carbons (Fsp3) is 0.438. The molecule has 1 saturated heterocycles. The maximum Gasteiger partial charge on any atom is 0.331 e. The number of carbonyl (C=O) groups is 1. The first-order chi connectivity index (χ1) is 11.9. The molecule has 0 unspecified atom stereocenters. The molecule has 0 amide bonds. The van der Waals surface area contributed by atoms with Gasteiger partial charge in [0.2, 0.25) is 0 Å². The van der Waals surface area contributed by atoms with Crippen LogP contribution < -0.4 is 4.74 Å². The summed E-state index contributed by atoms with van der Waals surface area (Å²) in [5.74, 6) is -0.686. The molecule has 1 aliphatic heterocycles. The molecule has 1 aliphatic rings. The van der Waals surface area contributed by atoms with Gasteiger partial charge in [0, 0.05) is 6.08 Å². The number of methoxy groups -OCH3 is 1. The van der Waals surface area contributed by atoms with E-state index >= 15 is 0 Å². The van der Waals surface area contributed by atoms with Gasteiger partial charge in [0.1, 0.15) is 18.3 Å². The minimum atomic E-state index is -1.69. The van der Waals surface area contributed by atoms with E-state index in [1.165, 1.54) is 31.4 Å². The third kappa shape index (κ3) is 4.47. The molecule has 138 valence electrons. The molecule has 5 N–H and O–H groups in total. The predicted molar refractivity (Wildman–Crippen MR) is 83.6 cm³/mol. The smallest absolute Gasteiger partial charge is 0.331 e. The Hall–Kier alpha value is -2.17. The van der Waals surface area contributed by atoms with Crippen molar-refractivity contribution in [2.75, 3.05) is 13.7 Å². The van der Waals surface area contributed by atoms with Crippen LogP contribution in [-0.4, -0.2) is 75.9 Å². The zero-order chi connectivity index (χ0) is 18.6. The van der Waals surface area contributed by atoms with Crippen molar-refractivity contribution in [2.45, 2.75) is 30.7 Å². The lowest BCUT2D eigenvalue weighted by Crippen LogP contribution is -2.59. The number of aromatic hydroxyl groups is 1. The second-order valence-corrected chi connectivity index (χ2v) is 5.39. The van der Waals surface area contributed by atoms with Crippen molar-refractivity contribution in [3.8, 4) is 11.5 Å². The van der Waals surface area contributed by atoms with Crippen LogP contribution in [0.15, 0.2) is 24.3 Å². The fourth-order valence-electron chi connectivity index (χ4n) is 2.35. The molecule has 1 heterocycles. The fourth-order valence-corrected chi connectivity index (χ4v) is 2.35. The number of hydrogen-bond donors (Lipinski definition) is 5. The van der Waals surface area contributed by atoms with Crippen molar-refractivity contribution in [1.82, 2.24) is 0 Å². The molecular formula is C16H20O9. The summed E-state index contributed by atoms with van der Waals surface area (Å²) in [4.78, 5) is 11.9. The van der Waals surface area contributed by atoms with Gasteiger partial charge >= 0.3 is 5.97 Å². The molecule has 0 aliphatic carbocycles. The van der Waals surface area contributed by atoms with Crippen LogP contribution in [0.5, 0.6) is 11.5 Å². The van der Waals surface area contributed by atoms with Crippen LogP contribution >= 0.6 is 0 Å².